The molecule has 0 aliphatic carbocycles. The predicted molar refractivity (Wildman–Crippen MR) is 105 cm³/mol. The van der Waals surface area contributed by atoms with Crippen LogP contribution < -0.4 is 4.74 Å². The average Bonchev–Trinajstić information content (AvgIpc) is 2.68. The van der Waals surface area contributed by atoms with Crippen LogP contribution in [0.3, 0.4) is 0 Å². The van der Waals surface area contributed by atoms with Gasteiger partial charge in [-0.2, -0.15) is 0 Å². The van der Waals surface area contributed by atoms with E-state index in [0.29, 0.717) is 0 Å². The molecule has 3 aromatic carbocycles. The summed E-state index contributed by atoms with van der Waals surface area (Å²) in [6.07, 6.45) is 3.54. The van der Waals surface area contributed by atoms with Crippen LogP contribution in [0.2, 0.25) is 0 Å². The van der Waals surface area contributed by atoms with E-state index in [1.165, 1.54) is 0 Å². The molecule has 4 aromatic rings. The first-order valence-electron chi connectivity index (χ1n) is 8.35. The van der Waals surface area contributed by atoms with Gasteiger partial charge < -0.3 is 4.74 Å². The maximum atomic E-state index is 12.1. The van der Waals surface area contributed by atoms with E-state index >= 15 is 0 Å². The van der Waals surface area contributed by atoms with E-state index in [0.717, 1.165) is 49.6 Å². The lowest BCUT2D eigenvalue weighted by molar-refractivity contribution is 0.486. The van der Waals surface area contributed by atoms with E-state index in [4.69, 9.17) is 4.74 Å². The zero-order valence-corrected chi connectivity index (χ0v) is 14.9. The van der Waals surface area contributed by atoms with E-state index in [-0.39, 0.29) is 0 Å². The third-order valence-electron chi connectivity index (χ3n) is 4.72. The molecule has 1 aromatic heterocycles. The van der Waals surface area contributed by atoms with Crippen molar-refractivity contribution in [2.24, 2.45) is 0 Å². The molecular weight excluding hydrogens is 342 g/mol. The van der Waals surface area contributed by atoms with Crippen LogP contribution in [0, 0.1) is 0 Å². The van der Waals surface area contributed by atoms with Crippen LogP contribution in [-0.4, -0.2) is 15.4 Å². The van der Waals surface area contributed by atoms with Crippen molar-refractivity contribution < 1.29 is 8.95 Å². The molecule has 3 nitrogen and oxygen atoms in total. The molecule has 0 spiro atoms. The van der Waals surface area contributed by atoms with Gasteiger partial charge in [0.25, 0.3) is 0 Å². The van der Waals surface area contributed by atoms with Crippen molar-refractivity contribution in [3.63, 3.8) is 0 Å². The second-order valence-electron chi connectivity index (χ2n) is 6.28. The van der Waals surface area contributed by atoms with E-state index in [1.807, 2.05) is 60.8 Å². The average molecular weight is 357 g/mol. The van der Waals surface area contributed by atoms with Gasteiger partial charge in [0.15, 0.2) is 0 Å². The zero-order valence-electron chi connectivity index (χ0n) is 14.1. The number of pyridine rings is 1. The van der Waals surface area contributed by atoms with Crippen molar-refractivity contribution in [1.82, 2.24) is 4.98 Å². The molecule has 0 fully saturated rings. The Bertz CT molecular complexity index is 1190. The van der Waals surface area contributed by atoms with Gasteiger partial charge in [-0.25, -0.2) is 0 Å². The van der Waals surface area contributed by atoms with Crippen molar-refractivity contribution in [3.05, 3.63) is 72.9 Å². The molecule has 4 heteroatoms. The summed E-state index contributed by atoms with van der Waals surface area (Å²) in [6, 6.07) is 21.9. The van der Waals surface area contributed by atoms with Gasteiger partial charge in [0.05, 0.1) is 21.9 Å². The summed E-state index contributed by atoms with van der Waals surface area (Å²) >= 11 is 0. The third-order valence-corrected chi connectivity index (χ3v) is 5.69. The van der Waals surface area contributed by atoms with Crippen LogP contribution in [0.4, 0.5) is 0 Å². The lowest BCUT2D eigenvalue weighted by atomic mass is 9.96. The maximum Gasteiger partial charge on any atom is 0.137 e. The summed E-state index contributed by atoms with van der Waals surface area (Å²) in [5.41, 5.74) is 3.87. The number of nitrogens with zero attached hydrogens (tertiary/aromatic N) is 1. The summed E-state index contributed by atoms with van der Waals surface area (Å²) in [5, 5.41) is 2.14. The minimum atomic E-state index is -1.05. The Morgan fingerprint density at radius 1 is 0.885 bits per heavy atom. The minimum Gasteiger partial charge on any atom is -0.456 e. The first kappa shape index (κ1) is 15.3. The molecule has 0 bridgehead atoms. The molecule has 1 aliphatic heterocycles. The van der Waals surface area contributed by atoms with Gasteiger partial charge in [-0.3, -0.25) is 9.19 Å². The monoisotopic (exact) mass is 357 g/mol. The molecule has 2 heterocycles. The largest absolute Gasteiger partial charge is 0.456 e. The molecule has 126 valence electrons. The summed E-state index contributed by atoms with van der Waals surface area (Å²) < 4.78 is 18.2. The molecule has 1 aliphatic rings. The Morgan fingerprint density at radius 3 is 2.65 bits per heavy atom. The highest BCUT2D eigenvalue weighted by Crippen LogP contribution is 2.46. The molecule has 0 amide bonds. The Hall–Kier alpha value is -2.98. The van der Waals surface area contributed by atoms with Gasteiger partial charge >= 0.3 is 0 Å². The topological polar surface area (TPSA) is 39.2 Å². The fourth-order valence-corrected chi connectivity index (χ4v) is 4.30. The lowest BCUT2D eigenvalue weighted by Crippen LogP contribution is -1.99. The van der Waals surface area contributed by atoms with Crippen LogP contribution in [0.5, 0.6) is 11.5 Å². The number of hydrogen-bond donors (Lipinski definition) is 0. The number of rotatable bonds is 2. The SMILES string of the molecule is CS(=O)c1ccccc1-c1ccc2c(c1)-c1nccc3cccc(c13)O2. The van der Waals surface area contributed by atoms with Crippen LogP contribution in [-0.2, 0) is 10.8 Å². The van der Waals surface area contributed by atoms with E-state index in [9.17, 15) is 4.21 Å². The summed E-state index contributed by atoms with van der Waals surface area (Å²) in [4.78, 5) is 5.46. The fourth-order valence-electron chi connectivity index (χ4n) is 3.53. The first-order chi connectivity index (χ1) is 12.7. The van der Waals surface area contributed by atoms with Crippen LogP contribution in [0.15, 0.2) is 77.8 Å². The number of ether oxygens (including phenoxy) is 1. The summed E-state index contributed by atoms with van der Waals surface area (Å²) in [5.74, 6) is 1.63. The van der Waals surface area contributed by atoms with Crippen LogP contribution in [0.1, 0.15) is 0 Å². The second-order valence-corrected chi connectivity index (χ2v) is 7.63. The quantitative estimate of drug-likeness (QED) is 0.424. The standard InChI is InChI=1S/C22H15NO2S/c1-26(24)20-8-3-2-6-16(20)15-9-10-18-17(13-15)22-21-14(11-12-23-22)5-4-7-19(21)25-18/h2-13H,1H3. The van der Waals surface area contributed by atoms with Gasteiger partial charge in [0.2, 0.25) is 0 Å². The molecule has 0 radical (unpaired) electrons. The van der Waals surface area contributed by atoms with Gasteiger partial charge in [-0.05, 0) is 46.8 Å². The van der Waals surface area contributed by atoms with E-state index in [2.05, 4.69) is 17.1 Å². The molecule has 0 saturated heterocycles. The Morgan fingerprint density at radius 2 is 1.77 bits per heavy atom. The van der Waals surface area contributed by atoms with Crippen molar-refractivity contribution in [2.75, 3.05) is 6.26 Å². The molecule has 1 unspecified atom stereocenters. The van der Waals surface area contributed by atoms with Gasteiger partial charge in [-0.1, -0.05) is 36.4 Å². The minimum absolute atomic E-state index is 0.794. The summed E-state index contributed by atoms with van der Waals surface area (Å²) in [6.45, 7) is 0. The van der Waals surface area contributed by atoms with Crippen molar-refractivity contribution >= 4 is 21.6 Å². The Balaban J connectivity index is 1.77. The molecule has 1 atom stereocenters. The normalized spacial score (nSPS) is 13.1. The van der Waals surface area contributed by atoms with Crippen LogP contribution >= 0.6 is 0 Å². The fraction of sp³-hybridized carbons (Fsp3) is 0.0455. The third kappa shape index (κ3) is 2.26. The molecule has 0 saturated carbocycles. The molecule has 5 rings (SSSR count). The highest BCUT2D eigenvalue weighted by molar-refractivity contribution is 7.84. The molecule has 0 N–H and O–H groups in total. The van der Waals surface area contributed by atoms with Gasteiger partial charge in [0.1, 0.15) is 11.5 Å². The van der Waals surface area contributed by atoms with Crippen LogP contribution in [0.25, 0.3) is 33.2 Å². The van der Waals surface area contributed by atoms with E-state index < -0.39 is 10.8 Å². The smallest absolute Gasteiger partial charge is 0.137 e. The maximum absolute atomic E-state index is 12.1. The second kappa shape index (κ2) is 5.78. The molecular formula is C22H15NO2S. The highest BCUT2D eigenvalue weighted by atomic mass is 32.2. The Kier molecular flexibility index (Phi) is 3.40. The first-order valence-corrected chi connectivity index (χ1v) is 9.91. The van der Waals surface area contributed by atoms with Crippen molar-refractivity contribution in [2.45, 2.75) is 4.90 Å². The number of hydrogen-bond acceptors (Lipinski definition) is 3. The van der Waals surface area contributed by atoms with Crippen molar-refractivity contribution in [1.29, 1.82) is 0 Å². The number of aromatic nitrogens is 1. The summed E-state index contributed by atoms with van der Waals surface area (Å²) in [7, 11) is -1.05. The predicted octanol–water partition coefficient (Wildman–Crippen LogP) is 5.41. The van der Waals surface area contributed by atoms with Gasteiger partial charge in [-0.15, -0.1) is 0 Å². The Labute approximate surface area is 153 Å². The number of benzene rings is 3. The van der Waals surface area contributed by atoms with Crippen molar-refractivity contribution in [3.8, 4) is 33.9 Å². The van der Waals surface area contributed by atoms with E-state index in [1.54, 1.807) is 6.26 Å². The zero-order chi connectivity index (χ0) is 17.7. The lowest BCUT2D eigenvalue weighted by Gasteiger charge is -2.21. The van der Waals surface area contributed by atoms with Gasteiger partial charge in [0, 0.05) is 22.9 Å². The number of fused-ring (bicyclic) bond motifs is 2. The molecule has 26 heavy (non-hydrogen) atoms. The highest BCUT2D eigenvalue weighted by Gasteiger charge is 2.22.